The van der Waals surface area contributed by atoms with Crippen LogP contribution in [0.25, 0.3) is 0 Å². The van der Waals surface area contributed by atoms with Crippen LogP contribution in [-0.2, 0) is 14.2 Å². The first-order valence-electron chi connectivity index (χ1n) is 6.80. The first-order chi connectivity index (χ1) is 10.1. The molecule has 1 amide bonds. The van der Waals surface area contributed by atoms with Gasteiger partial charge in [0.15, 0.2) is 11.8 Å². The summed E-state index contributed by atoms with van der Waals surface area (Å²) in [5.41, 5.74) is -2.04. The number of ether oxygens (including phenoxy) is 3. The highest BCUT2D eigenvalue weighted by molar-refractivity contribution is 5.70. The Morgan fingerprint density at radius 2 is 2.18 bits per heavy atom. The minimum absolute atomic E-state index is 0.0116. The molecule has 0 aliphatic carbocycles. The quantitative estimate of drug-likeness (QED) is 0.507. The van der Waals surface area contributed by atoms with Gasteiger partial charge in [0.05, 0.1) is 6.42 Å². The summed E-state index contributed by atoms with van der Waals surface area (Å²) >= 11 is 0. The first-order valence-corrected chi connectivity index (χ1v) is 6.80. The van der Waals surface area contributed by atoms with E-state index >= 15 is 0 Å². The molecule has 2 fully saturated rings. The number of alkyl halides is 2. The third-order valence-corrected chi connectivity index (χ3v) is 3.16. The zero-order valence-corrected chi connectivity index (χ0v) is 12.5. The molecule has 0 saturated carbocycles. The average Bonchev–Trinajstić information content (AvgIpc) is 2.33. The number of carbonyl (C=O) groups excluding carboxylic acids is 2. The number of piperidine rings is 1. The SMILES string of the molecule is CC(C)(C)OC(=O)N1CCC2(C#CC(F)F)CC1OC(=O)O2. The van der Waals surface area contributed by atoms with Crippen molar-refractivity contribution in [3.63, 3.8) is 0 Å². The van der Waals surface area contributed by atoms with E-state index in [1.54, 1.807) is 26.7 Å². The lowest BCUT2D eigenvalue weighted by atomic mass is 9.90. The van der Waals surface area contributed by atoms with Gasteiger partial charge in [-0.1, -0.05) is 0 Å². The number of hydrogen-bond acceptors (Lipinski definition) is 5. The molecule has 2 atom stereocenters. The molecule has 2 rings (SSSR count). The molecule has 122 valence electrons. The first kappa shape index (κ1) is 16.3. The summed E-state index contributed by atoms with van der Waals surface area (Å²) in [7, 11) is 0. The third-order valence-electron chi connectivity index (χ3n) is 3.16. The van der Waals surface area contributed by atoms with Crippen molar-refractivity contribution in [2.75, 3.05) is 6.54 Å². The number of amides is 1. The Bertz CT molecular complexity index is 534. The zero-order chi connectivity index (χ0) is 16.5. The van der Waals surface area contributed by atoms with Gasteiger partial charge in [0.25, 0.3) is 6.43 Å². The van der Waals surface area contributed by atoms with Gasteiger partial charge in [-0.05, 0) is 32.6 Å². The van der Waals surface area contributed by atoms with Crippen LogP contribution < -0.4 is 0 Å². The van der Waals surface area contributed by atoms with Crippen molar-refractivity contribution in [2.24, 2.45) is 0 Å². The van der Waals surface area contributed by atoms with E-state index in [0.717, 1.165) is 0 Å². The van der Waals surface area contributed by atoms with Crippen LogP contribution in [0, 0.1) is 11.8 Å². The van der Waals surface area contributed by atoms with E-state index in [1.165, 1.54) is 4.90 Å². The highest BCUT2D eigenvalue weighted by Gasteiger charge is 2.50. The number of fused-ring (bicyclic) bond motifs is 2. The number of halogens is 2. The second-order valence-electron chi connectivity index (χ2n) is 6.12. The van der Waals surface area contributed by atoms with Gasteiger partial charge in [-0.2, -0.15) is 8.78 Å². The number of rotatable bonds is 0. The Morgan fingerprint density at radius 3 is 2.77 bits per heavy atom. The fraction of sp³-hybridized carbons (Fsp3) is 0.714. The molecule has 0 aromatic carbocycles. The molecule has 2 aliphatic rings. The molecule has 0 aromatic heterocycles. The molecule has 2 heterocycles. The van der Waals surface area contributed by atoms with Gasteiger partial charge in [-0.3, -0.25) is 4.90 Å². The molecule has 0 spiro atoms. The normalized spacial score (nSPS) is 27.5. The third kappa shape index (κ3) is 3.78. The number of hydrogen-bond donors (Lipinski definition) is 0. The number of nitrogens with zero attached hydrogens (tertiary/aromatic N) is 1. The van der Waals surface area contributed by atoms with E-state index in [4.69, 9.17) is 14.2 Å². The average molecular weight is 317 g/mol. The Morgan fingerprint density at radius 1 is 1.50 bits per heavy atom. The van der Waals surface area contributed by atoms with Gasteiger partial charge >= 0.3 is 12.2 Å². The topological polar surface area (TPSA) is 65.1 Å². The molecular formula is C14H17F2NO5. The van der Waals surface area contributed by atoms with Crippen LogP contribution in [0.1, 0.15) is 33.6 Å². The lowest BCUT2D eigenvalue weighted by Crippen LogP contribution is -2.59. The second kappa shape index (κ2) is 5.63. The Balaban J connectivity index is 2.15. The number of carbonyl (C=O) groups is 2. The largest absolute Gasteiger partial charge is 0.511 e. The van der Waals surface area contributed by atoms with Crippen molar-refractivity contribution in [3.8, 4) is 11.8 Å². The number of likely N-dealkylation sites (tertiary alicyclic amines) is 1. The maximum Gasteiger partial charge on any atom is 0.511 e. The summed E-state index contributed by atoms with van der Waals surface area (Å²) < 4.78 is 39.7. The molecule has 0 N–H and O–H groups in total. The van der Waals surface area contributed by atoms with Crippen molar-refractivity contribution in [3.05, 3.63) is 0 Å². The summed E-state index contributed by atoms with van der Waals surface area (Å²) in [5, 5.41) is 0. The summed E-state index contributed by atoms with van der Waals surface area (Å²) in [6, 6.07) is 0. The Labute approximate surface area is 126 Å². The summed E-state index contributed by atoms with van der Waals surface area (Å²) in [6.45, 7) is 5.26. The summed E-state index contributed by atoms with van der Waals surface area (Å²) in [4.78, 5) is 24.9. The molecule has 22 heavy (non-hydrogen) atoms. The maximum absolute atomic E-state index is 12.3. The minimum atomic E-state index is -2.82. The van der Waals surface area contributed by atoms with Crippen molar-refractivity contribution in [2.45, 2.75) is 57.5 Å². The molecule has 0 radical (unpaired) electrons. The molecule has 2 bridgehead atoms. The van der Waals surface area contributed by atoms with E-state index < -0.39 is 36.1 Å². The van der Waals surface area contributed by atoms with E-state index in [2.05, 4.69) is 5.92 Å². The molecular weight excluding hydrogens is 300 g/mol. The van der Waals surface area contributed by atoms with Crippen LogP contribution in [0.5, 0.6) is 0 Å². The Kier molecular flexibility index (Phi) is 4.18. The fourth-order valence-corrected chi connectivity index (χ4v) is 2.29. The van der Waals surface area contributed by atoms with Gasteiger partial charge in [0.2, 0.25) is 0 Å². The van der Waals surface area contributed by atoms with Crippen molar-refractivity contribution >= 4 is 12.2 Å². The standard InChI is InChI=1S/C14H17F2NO5/c1-13(2,3)21-11(18)17-7-6-14(5-4-9(15)16)8-10(17)20-12(19)22-14/h9-10H,6-8H2,1-3H3. The lowest BCUT2D eigenvalue weighted by molar-refractivity contribution is -0.163. The van der Waals surface area contributed by atoms with Gasteiger partial charge < -0.3 is 14.2 Å². The molecule has 6 nitrogen and oxygen atoms in total. The van der Waals surface area contributed by atoms with Crippen LogP contribution in [-0.4, -0.2) is 47.5 Å². The zero-order valence-electron chi connectivity index (χ0n) is 12.5. The van der Waals surface area contributed by atoms with Crippen LogP contribution in [0.4, 0.5) is 18.4 Å². The molecule has 2 saturated heterocycles. The smallest absolute Gasteiger partial charge is 0.444 e. The monoisotopic (exact) mass is 317 g/mol. The van der Waals surface area contributed by atoms with Crippen LogP contribution in [0.15, 0.2) is 0 Å². The van der Waals surface area contributed by atoms with Crippen LogP contribution in [0.2, 0.25) is 0 Å². The summed E-state index contributed by atoms with van der Waals surface area (Å²) in [5.74, 6) is 4.02. The highest BCUT2D eigenvalue weighted by Crippen LogP contribution is 2.36. The van der Waals surface area contributed by atoms with E-state index in [-0.39, 0.29) is 19.4 Å². The van der Waals surface area contributed by atoms with Crippen molar-refractivity contribution < 1.29 is 32.6 Å². The Hall–Kier alpha value is -2.04. The van der Waals surface area contributed by atoms with Crippen LogP contribution in [0.3, 0.4) is 0 Å². The second-order valence-corrected chi connectivity index (χ2v) is 6.12. The van der Waals surface area contributed by atoms with Gasteiger partial charge in [-0.15, -0.1) is 0 Å². The molecule has 0 aromatic rings. The van der Waals surface area contributed by atoms with E-state index in [0.29, 0.717) is 0 Å². The molecule has 2 unspecified atom stereocenters. The van der Waals surface area contributed by atoms with Gasteiger partial charge in [-0.25, -0.2) is 9.59 Å². The fourth-order valence-electron chi connectivity index (χ4n) is 2.29. The van der Waals surface area contributed by atoms with Gasteiger partial charge in [0.1, 0.15) is 5.60 Å². The molecule has 2 aliphatic heterocycles. The predicted molar refractivity (Wildman–Crippen MR) is 70.0 cm³/mol. The van der Waals surface area contributed by atoms with Gasteiger partial charge in [0, 0.05) is 13.0 Å². The predicted octanol–water partition coefficient (Wildman–Crippen LogP) is 2.52. The molecule has 8 heteroatoms. The minimum Gasteiger partial charge on any atom is -0.444 e. The van der Waals surface area contributed by atoms with Crippen molar-refractivity contribution in [1.29, 1.82) is 0 Å². The van der Waals surface area contributed by atoms with Crippen molar-refractivity contribution in [1.82, 2.24) is 4.90 Å². The summed E-state index contributed by atoms with van der Waals surface area (Å²) in [6.07, 6.45) is -5.29. The maximum atomic E-state index is 12.3. The van der Waals surface area contributed by atoms with Crippen LogP contribution >= 0.6 is 0 Å². The lowest BCUT2D eigenvalue weighted by Gasteiger charge is -2.45. The highest BCUT2D eigenvalue weighted by atomic mass is 19.3. The van der Waals surface area contributed by atoms with E-state index in [1.807, 2.05) is 0 Å². The van der Waals surface area contributed by atoms with E-state index in [9.17, 15) is 18.4 Å².